The molecule has 0 N–H and O–H groups in total. The van der Waals surface area contributed by atoms with Crippen molar-refractivity contribution in [2.75, 3.05) is 0 Å². The van der Waals surface area contributed by atoms with E-state index in [-0.39, 0.29) is 0 Å². The van der Waals surface area contributed by atoms with Gasteiger partial charge in [-0.05, 0) is 47.5 Å². The van der Waals surface area contributed by atoms with Gasteiger partial charge in [0, 0.05) is 49.8 Å². The quantitative estimate of drug-likeness (QED) is 0.154. The van der Waals surface area contributed by atoms with Crippen LogP contribution in [0.15, 0.2) is 218 Å². The molecule has 3 aromatic heterocycles. The highest BCUT2D eigenvalue weighted by Gasteiger charge is 2.16. The topological polar surface area (TPSA) is 69.4 Å². The molecule has 6 nitrogen and oxygen atoms in total. The maximum absolute atomic E-state index is 5.11. The summed E-state index contributed by atoms with van der Waals surface area (Å²) in [5.41, 5.74) is 13.1. The molecule has 0 saturated heterocycles. The van der Waals surface area contributed by atoms with Crippen LogP contribution in [0.4, 0.5) is 0 Å². The molecule has 0 bridgehead atoms. The second-order valence-corrected chi connectivity index (χ2v) is 14.9. The number of rotatable bonds is 8. The molecule has 0 amide bonds. The Bertz CT molecular complexity index is 3210. The van der Waals surface area contributed by atoms with Crippen LogP contribution in [0.5, 0.6) is 0 Å². The number of hydrogen-bond acceptors (Lipinski definition) is 5. The van der Waals surface area contributed by atoms with Gasteiger partial charge in [-0.3, -0.25) is 0 Å². The molecule has 11 aromatic rings. The molecule has 11 rings (SSSR count). The minimum absolute atomic E-state index is 0.622. The van der Waals surface area contributed by atoms with Crippen LogP contribution in [0.3, 0.4) is 0 Å². The summed E-state index contributed by atoms with van der Waals surface area (Å²) in [5.74, 6) is 2.57. The lowest BCUT2D eigenvalue weighted by atomic mass is 10.00. The minimum atomic E-state index is 0.622. The molecule has 0 aliphatic rings. The van der Waals surface area contributed by atoms with Gasteiger partial charge in [0.2, 0.25) is 0 Å². The summed E-state index contributed by atoms with van der Waals surface area (Å²) in [7, 11) is 0. The summed E-state index contributed by atoms with van der Waals surface area (Å²) in [5, 5.41) is 2.48. The second kappa shape index (κ2) is 15.4. The number of para-hydroxylation sites is 2. The third kappa shape index (κ3) is 6.92. The van der Waals surface area contributed by atoms with Crippen molar-refractivity contribution in [1.29, 1.82) is 0 Å². The van der Waals surface area contributed by atoms with Crippen molar-refractivity contribution in [2.45, 2.75) is 0 Å². The fourth-order valence-corrected chi connectivity index (χ4v) is 8.05. The summed E-state index contributed by atoms with van der Waals surface area (Å²) < 4.78 is 2.33. The molecule has 0 saturated carbocycles. The van der Waals surface area contributed by atoms with Crippen molar-refractivity contribution in [3.05, 3.63) is 218 Å². The largest absolute Gasteiger partial charge is 0.309 e. The van der Waals surface area contributed by atoms with E-state index in [9.17, 15) is 0 Å². The Labute approximate surface area is 353 Å². The standard InChI is InChI=1S/C55H36N6/c1-4-15-40(16-5-1)52-56-48(36-49(57-52)39-31-33-45(34-32-39)61-50-25-12-10-23-46(50)47-24-11-13-26-51(47)61)38-29-27-37(28-30-38)43-21-14-22-44(35-43)55-59-53(41-17-6-2-7-18-41)58-54(60-55)42-19-8-3-9-20-42/h1-36H. The van der Waals surface area contributed by atoms with Gasteiger partial charge in [0.1, 0.15) is 0 Å². The molecular formula is C55H36N6. The van der Waals surface area contributed by atoms with Gasteiger partial charge in [-0.2, -0.15) is 0 Å². The average molecular weight is 781 g/mol. The summed E-state index contributed by atoms with van der Waals surface area (Å²) in [6, 6.07) is 75.2. The lowest BCUT2D eigenvalue weighted by Gasteiger charge is -2.12. The minimum Gasteiger partial charge on any atom is -0.309 e. The molecule has 0 aliphatic heterocycles. The third-order valence-corrected chi connectivity index (χ3v) is 11.1. The fourth-order valence-electron chi connectivity index (χ4n) is 8.05. The van der Waals surface area contributed by atoms with E-state index in [1.807, 2.05) is 78.9 Å². The van der Waals surface area contributed by atoms with E-state index in [1.54, 1.807) is 0 Å². The van der Waals surface area contributed by atoms with Crippen LogP contribution in [0, 0.1) is 0 Å². The summed E-state index contributed by atoms with van der Waals surface area (Å²) in [4.78, 5) is 25.0. The summed E-state index contributed by atoms with van der Waals surface area (Å²) in [6.07, 6.45) is 0. The molecule has 3 heterocycles. The number of fused-ring (bicyclic) bond motifs is 3. The van der Waals surface area contributed by atoms with Gasteiger partial charge in [-0.15, -0.1) is 0 Å². The molecule has 61 heavy (non-hydrogen) atoms. The first-order valence-corrected chi connectivity index (χ1v) is 20.3. The fraction of sp³-hybridized carbons (Fsp3) is 0. The van der Waals surface area contributed by atoms with E-state index >= 15 is 0 Å². The molecule has 0 unspecified atom stereocenters. The van der Waals surface area contributed by atoms with Crippen LogP contribution >= 0.6 is 0 Å². The maximum Gasteiger partial charge on any atom is 0.164 e. The van der Waals surface area contributed by atoms with Crippen molar-refractivity contribution in [3.8, 4) is 84.9 Å². The molecule has 0 fully saturated rings. The summed E-state index contributed by atoms with van der Waals surface area (Å²) >= 11 is 0. The highest BCUT2D eigenvalue weighted by atomic mass is 15.0. The smallest absolute Gasteiger partial charge is 0.164 e. The number of nitrogens with zero attached hydrogens (tertiary/aromatic N) is 6. The van der Waals surface area contributed by atoms with E-state index in [0.29, 0.717) is 23.3 Å². The average Bonchev–Trinajstić information content (AvgIpc) is 3.69. The molecule has 0 aliphatic carbocycles. The maximum atomic E-state index is 5.11. The van der Waals surface area contributed by atoms with Gasteiger partial charge in [0.15, 0.2) is 23.3 Å². The SMILES string of the molecule is c1ccc(-c2nc(-c3ccc(-c4cccc(-c5nc(-c6ccccc6)nc(-c6ccccc6)n5)c4)cc3)cc(-c3ccc(-n4c5ccccc5c5ccccc54)cc3)n2)cc1. The van der Waals surface area contributed by atoms with Crippen LogP contribution in [-0.2, 0) is 0 Å². The Hall–Kier alpha value is -8.35. The number of benzene rings is 8. The highest BCUT2D eigenvalue weighted by molar-refractivity contribution is 6.09. The second-order valence-electron chi connectivity index (χ2n) is 14.9. The van der Waals surface area contributed by atoms with Gasteiger partial charge >= 0.3 is 0 Å². The zero-order valence-electron chi connectivity index (χ0n) is 33.0. The molecule has 0 spiro atoms. The summed E-state index contributed by atoms with van der Waals surface area (Å²) in [6.45, 7) is 0. The lowest BCUT2D eigenvalue weighted by molar-refractivity contribution is 1.07. The Morgan fingerprint density at radius 1 is 0.246 bits per heavy atom. The highest BCUT2D eigenvalue weighted by Crippen LogP contribution is 2.35. The molecule has 0 radical (unpaired) electrons. The van der Waals surface area contributed by atoms with Gasteiger partial charge < -0.3 is 4.57 Å². The normalized spacial score (nSPS) is 11.3. The van der Waals surface area contributed by atoms with Crippen molar-refractivity contribution in [3.63, 3.8) is 0 Å². The molecule has 8 aromatic carbocycles. The lowest BCUT2D eigenvalue weighted by Crippen LogP contribution is -2.00. The third-order valence-electron chi connectivity index (χ3n) is 11.1. The Kier molecular flexibility index (Phi) is 9.06. The first kappa shape index (κ1) is 35.8. The van der Waals surface area contributed by atoms with E-state index in [4.69, 9.17) is 24.9 Å². The molecule has 6 heteroatoms. The Morgan fingerprint density at radius 2 is 0.623 bits per heavy atom. The van der Waals surface area contributed by atoms with Crippen molar-refractivity contribution in [2.24, 2.45) is 0 Å². The molecule has 286 valence electrons. The van der Waals surface area contributed by atoms with Gasteiger partial charge in [0.25, 0.3) is 0 Å². The monoisotopic (exact) mass is 780 g/mol. The molecule has 0 atom stereocenters. The van der Waals surface area contributed by atoms with Crippen LogP contribution in [0.25, 0.3) is 107 Å². The van der Waals surface area contributed by atoms with E-state index in [1.165, 1.54) is 21.8 Å². The van der Waals surface area contributed by atoms with E-state index < -0.39 is 0 Å². The van der Waals surface area contributed by atoms with Crippen LogP contribution in [-0.4, -0.2) is 29.5 Å². The van der Waals surface area contributed by atoms with Crippen molar-refractivity contribution < 1.29 is 0 Å². The van der Waals surface area contributed by atoms with E-state index in [0.717, 1.165) is 61.6 Å². The van der Waals surface area contributed by atoms with Crippen molar-refractivity contribution >= 4 is 21.8 Å². The van der Waals surface area contributed by atoms with Crippen LogP contribution < -0.4 is 0 Å². The molecular weight excluding hydrogens is 745 g/mol. The first-order valence-electron chi connectivity index (χ1n) is 20.3. The Morgan fingerprint density at radius 3 is 1.13 bits per heavy atom. The van der Waals surface area contributed by atoms with Crippen LogP contribution in [0.1, 0.15) is 0 Å². The predicted octanol–water partition coefficient (Wildman–Crippen LogP) is 13.4. The zero-order chi connectivity index (χ0) is 40.5. The van der Waals surface area contributed by atoms with Gasteiger partial charge in [-0.1, -0.05) is 182 Å². The van der Waals surface area contributed by atoms with Crippen molar-refractivity contribution in [1.82, 2.24) is 29.5 Å². The van der Waals surface area contributed by atoms with Gasteiger partial charge in [-0.25, -0.2) is 24.9 Å². The van der Waals surface area contributed by atoms with Gasteiger partial charge in [0.05, 0.1) is 22.4 Å². The number of hydrogen-bond donors (Lipinski definition) is 0. The number of aromatic nitrogens is 6. The zero-order valence-corrected chi connectivity index (χ0v) is 33.0. The first-order chi connectivity index (χ1) is 30.2. The van der Waals surface area contributed by atoms with Crippen LogP contribution in [0.2, 0.25) is 0 Å². The predicted molar refractivity (Wildman–Crippen MR) is 248 cm³/mol. The Balaban J connectivity index is 0.941. The van der Waals surface area contributed by atoms with E-state index in [2.05, 4.69) is 144 Å².